The van der Waals surface area contributed by atoms with Gasteiger partial charge in [0, 0.05) is 76.6 Å². The third-order valence-corrected chi connectivity index (χ3v) is 8.15. The zero-order chi connectivity index (χ0) is 23.5. The van der Waals surface area contributed by atoms with Gasteiger partial charge in [0.15, 0.2) is 11.4 Å². The van der Waals surface area contributed by atoms with Crippen LogP contribution in [0.5, 0.6) is 0 Å². The van der Waals surface area contributed by atoms with Gasteiger partial charge in [-0.3, -0.25) is 14.5 Å². The highest BCUT2D eigenvalue weighted by molar-refractivity contribution is 7.17. The zero-order valence-corrected chi connectivity index (χ0v) is 19.9. The molecule has 2 N–H and O–H groups in total. The maximum atomic E-state index is 12.4. The monoisotopic (exact) mass is 484 g/mol. The summed E-state index contributed by atoms with van der Waals surface area (Å²) in [6.07, 6.45) is 13.4. The second-order valence-corrected chi connectivity index (χ2v) is 10.4. The minimum Gasteiger partial charge on any atom is -0.452 e. The van der Waals surface area contributed by atoms with Crippen molar-refractivity contribution in [2.45, 2.75) is 31.7 Å². The van der Waals surface area contributed by atoms with Gasteiger partial charge in [0.05, 0.1) is 16.9 Å². The number of hydrogen-bond acceptors (Lipinski definition) is 7. The summed E-state index contributed by atoms with van der Waals surface area (Å²) in [5.74, 6) is 1.76. The minimum absolute atomic E-state index is 0.284. The molecule has 0 aromatic carbocycles. The summed E-state index contributed by atoms with van der Waals surface area (Å²) >= 11 is 1.64. The molecule has 7 rings (SSSR count). The summed E-state index contributed by atoms with van der Waals surface area (Å²) in [6.45, 7) is 1.61. The van der Waals surface area contributed by atoms with E-state index in [0.717, 1.165) is 76.7 Å². The lowest BCUT2D eigenvalue weighted by Crippen LogP contribution is -2.39. The van der Waals surface area contributed by atoms with Crippen molar-refractivity contribution in [3.05, 3.63) is 48.5 Å². The first-order chi connectivity index (χ1) is 17.2. The predicted molar refractivity (Wildman–Crippen MR) is 136 cm³/mol. The highest BCUT2D eigenvalue weighted by Crippen LogP contribution is 2.40. The van der Waals surface area contributed by atoms with E-state index >= 15 is 0 Å². The van der Waals surface area contributed by atoms with Crippen molar-refractivity contribution in [2.24, 2.45) is 5.92 Å². The third kappa shape index (κ3) is 3.49. The van der Waals surface area contributed by atoms with E-state index in [1.165, 1.54) is 0 Å². The smallest absolute Gasteiger partial charge is 0.225 e. The summed E-state index contributed by atoms with van der Waals surface area (Å²) in [5, 5.41) is 8.80. The molecule has 5 aromatic rings. The Morgan fingerprint density at radius 1 is 1.09 bits per heavy atom. The fourth-order valence-electron chi connectivity index (χ4n) is 5.10. The number of nitrogen functional groups attached to an aromatic ring is 1. The Morgan fingerprint density at radius 2 is 1.94 bits per heavy atom. The van der Waals surface area contributed by atoms with Crippen LogP contribution in [0, 0.1) is 5.92 Å². The number of piperidine rings is 1. The fraction of sp³-hybridized carbons (Fsp3) is 0.308. The van der Waals surface area contributed by atoms with Gasteiger partial charge in [0.1, 0.15) is 5.76 Å². The van der Waals surface area contributed by atoms with E-state index in [9.17, 15) is 4.79 Å². The molecular weight excluding hydrogens is 460 g/mol. The standard InChI is InChI=1S/C26H24N6O2S/c27-25-24-19(9-22(34-24)21-14-35-23-12-28-6-3-18(21)23)20(11-29-25)16-10-30-32(13-16)17-4-7-31(8-5-17)26(33)15-1-2-15/h3,6,9-15,17H,1-2,4-5,7-8H2,(H2,27,29). The van der Waals surface area contributed by atoms with Crippen LogP contribution in [0.1, 0.15) is 31.7 Å². The molecule has 35 heavy (non-hydrogen) atoms. The SMILES string of the molecule is Nc1ncc(-c2cnn(C3CCN(C(=O)C4CC4)CC3)c2)c2cc(-c3csc4cnccc34)oc12. The maximum absolute atomic E-state index is 12.4. The normalized spacial score (nSPS) is 17.0. The van der Waals surface area contributed by atoms with Crippen LogP contribution in [0.25, 0.3) is 43.5 Å². The summed E-state index contributed by atoms with van der Waals surface area (Å²) in [4.78, 5) is 23.0. The second-order valence-electron chi connectivity index (χ2n) is 9.47. The molecule has 1 saturated carbocycles. The number of hydrogen-bond donors (Lipinski definition) is 1. The summed E-state index contributed by atoms with van der Waals surface area (Å²) < 4.78 is 9.38. The molecule has 1 aliphatic heterocycles. The van der Waals surface area contributed by atoms with E-state index in [1.807, 2.05) is 34.1 Å². The van der Waals surface area contributed by atoms with Gasteiger partial charge >= 0.3 is 0 Å². The van der Waals surface area contributed by atoms with E-state index < -0.39 is 0 Å². The van der Waals surface area contributed by atoms with Crippen molar-refractivity contribution in [1.29, 1.82) is 0 Å². The minimum atomic E-state index is 0.284. The molecule has 2 aliphatic rings. The Bertz CT molecular complexity index is 1570. The lowest BCUT2D eigenvalue weighted by atomic mass is 10.0. The quantitative estimate of drug-likeness (QED) is 0.380. The highest BCUT2D eigenvalue weighted by Gasteiger charge is 2.35. The number of pyridine rings is 2. The molecule has 176 valence electrons. The van der Waals surface area contributed by atoms with Crippen LogP contribution in [0.3, 0.4) is 0 Å². The average Bonchev–Trinajstić information content (AvgIpc) is 3.28. The molecule has 0 unspecified atom stereocenters. The van der Waals surface area contributed by atoms with Crippen LogP contribution < -0.4 is 5.73 Å². The van der Waals surface area contributed by atoms with E-state index in [2.05, 4.69) is 26.6 Å². The molecule has 1 aliphatic carbocycles. The van der Waals surface area contributed by atoms with Gasteiger partial charge < -0.3 is 15.1 Å². The first-order valence-electron chi connectivity index (χ1n) is 12.0. The molecule has 0 atom stereocenters. The summed E-state index contributed by atoms with van der Waals surface area (Å²) in [7, 11) is 0. The van der Waals surface area contributed by atoms with Crippen LogP contribution in [0.4, 0.5) is 5.82 Å². The number of nitrogens with two attached hydrogens (primary N) is 1. The molecule has 5 aromatic heterocycles. The van der Waals surface area contributed by atoms with Gasteiger partial charge in [-0.2, -0.15) is 5.10 Å². The Kier molecular flexibility index (Phi) is 4.66. The van der Waals surface area contributed by atoms with Gasteiger partial charge in [0.25, 0.3) is 0 Å². The van der Waals surface area contributed by atoms with Crippen molar-refractivity contribution >= 4 is 44.1 Å². The zero-order valence-electron chi connectivity index (χ0n) is 19.1. The first-order valence-corrected chi connectivity index (χ1v) is 12.9. The van der Waals surface area contributed by atoms with Crippen LogP contribution in [-0.4, -0.2) is 43.6 Å². The number of carbonyl (C=O) groups excluding carboxylic acids is 1. The van der Waals surface area contributed by atoms with Gasteiger partial charge in [-0.05, 0) is 37.8 Å². The van der Waals surface area contributed by atoms with Crippen molar-refractivity contribution in [3.63, 3.8) is 0 Å². The van der Waals surface area contributed by atoms with E-state index in [0.29, 0.717) is 17.3 Å². The van der Waals surface area contributed by atoms with E-state index in [4.69, 9.17) is 10.2 Å². The number of amides is 1. The van der Waals surface area contributed by atoms with Crippen molar-refractivity contribution in [2.75, 3.05) is 18.8 Å². The molecule has 1 amide bonds. The number of aromatic nitrogens is 4. The Labute approximate surface area is 205 Å². The molecule has 1 saturated heterocycles. The van der Waals surface area contributed by atoms with Gasteiger partial charge in [-0.1, -0.05) is 0 Å². The topological polar surface area (TPSA) is 103 Å². The molecular formula is C26H24N6O2S. The molecule has 9 heteroatoms. The molecule has 0 bridgehead atoms. The Balaban J connectivity index is 1.20. The van der Waals surface area contributed by atoms with Crippen molar-refractivity contribution in [3.8, 4) is 22.5 Å². The number of nitrogens with zero attached hydrogens (tertiary/aromatic N) is 5. The fourth-order valence-corrected chi connectivity index (χ4v) is 6.01. The number of rotatable bonds is 4. The average molecular weight is 485 g/mol. The lowest BCUT2D eigenvalue weighted by molar-refractivity contribution is -0.133. The van der Waals surface area contributed by atoms with Gasteiger partial charge in [-0.15, -0.1) is 11.3 Å². The summed E-state index contributed by atoms with van der Waals surface area (Å²) in [6, 6.07) is 4.34. The number of likely N-dealkylation sites (tertiary alicyclic amines) is 1. The molecule has 6 heterocycles. The first kappa shape index (κ1) is 20.6. The lowest BCUT2D eigenvalue weighted by Gasteiger charge is -2.32. The van der Waals surface area contributed by atoms with Crippen molar-refractivity contribution < 1.29 is 9.21 Å². The molecule has 2 fully saturated rings. The van der Waals surface area contributed by atoms with Crippen LogP contribution in [-0.2, 0) is 4.79 Å². The Hall–Kier alpha value is -3.72. The number of anilines is 1. The largest absolute Gasteiger partial charge is 0.452 e. The molecule has 8 nitrogen and oxygen atoms in total. The van der Waals surface area contributed by atoms with Crippen molar-refractivity contribution in [1.82, 2.24) is 24.6 Å². The maximum Gasteiger partial charge on any atom is 0.225 e. The number of fused-ring (bicyclic) bond motifs is 2. The van der Waals surface area contributed by atoms with E-state index in [-0.39, 0.29) is 12.0 Å². The highest BCUT2D eigenvalue weighted by atomic mass is 32.1. The number of furan rings is 1. The van der Waals surface area contributed by atoms with Crippen LogP contribution >= 0.6 is 11.3 Å². The number of carbonyl (C=O) groups is 1. The summed E-state index contributed by atoms with van der Waals surface area (Å²) in [5.41, 5.74) is 9.74. The molecule has 0 radical (unpaired) electrons. The van der Waals surface area contributed by atoms with Gasteiger partial charge in [-0.25, -0.2) is 4.98 Å². The Morgan fingerprint density at radius 3 is 2.77 bits per heavy atom. The van der Waals surface area contributed by atoms with Crippen LogP contribution in [0.2, 0.25) is 0 Å². The third-order valence-electron chi connectivity index (χ3n) is 7.22. The van der Waals surface area contributed by atoms with Crippen LogP contribution in [0.15, 0.2) is 52.9 Å². The predicted octanol–water partition coefficient (Wildman–Crippen LogP) is 5.12. The number of thiophene rings is 1. The second kappa shape index (κ2) is 7.91. The van der Waals surface area contributed by atoms with E-state index in [1.54, 1.807) is 23.7 Å². The molecule has 0 spiro atoms. The van der Waals surface area contributed by atoms with Gasteiger partial charge in [0.2, 0.25) is 5.91 Å².